The van der Waals surface area contributed by atoms with Crippen molar-refractivity contribution in [1.82, 2.24) is 9.97 Å². The summed E-state index contributed by atoms with van der Waals surface area (Å²) in [4.78, 5) is 20.5. The fourth-order valence-corrected chi connectivity index (χ4v) is 2.31. The van der Waals surface area contributed by atoms with E-state index in [9.17, 15) is 4.79 Å². The Bertz CT molecular complexity index is 991. The van der Waals surface area contributed by atoms with E-state index in [2.05, 4.69) is 15.3 Å². The lowest BCUT2D eigenvalue weighted by Gasteiger charge is -2.11. The number of carbonyl (C=O) groups is 1. The molecule has 0 saturated heterocycles. The number of rotatable bonds is 4. The van der Waals surface area contributed by atoms with Crippen LogP contribution in [-0.4, -0.2) is 15.9 Å². The number of hydrogen-bond donors (Lipinski definition) is 1. The average Bonchev–Trinajstić information content (AvgIpc) is 2.65. The van der Waals surface area contributed by atoms with Gasteiger partial charge in [0.2, 0.25) is 5.88 Å². The molecule has 0 spiro atoms. The average molecular weight is 344 g/mol. The molecule has 0 aliphatic carbocycles. The molecule has 26 heavy (non-hydrogen) atoms. The summed E-state index contributed by atoms with van der Waals surface area (Å²) in [5.41, 5.74) is 3.19. The van der Waals surface area contributed by atoms with Gasteiger partial charge < -0.3 is 10.1 Å². The molecule has 6 nitrogen and oxygen atoms in total. The first kappa shape index (κ1) is 17.1. The molecule has 0 aliphatic rings. The number of benzene rings is 1. The van der Waals surface area contributed by atoms with Crippen molar-refractivity contribution in [2.75, 3.05) is 5.32 Å². The number of nitrogens with zero attached hydrogens (tertiary/aromatic N) is 3. The predicted octanol–water partition coefficient (Wildman–Crippen LogP) is 4.01. The van der Waals surface area contributed by atoms with Crippen molar-refractivity contribution in [1.29, 1.82) is 5.26 Å². The maximum Gasteiger partial charge on any atom is 0.257 e. The Morgan fingerprint density at radius 1 is 1.15 bits per heavy atom. The molecule has 2 heterocycles. The fourth-order valence-electron chi connectivity index (χ4n) is 2.31. The minimum absolute atomic E-state index is 0.231. The van der Waals surface area contributed by atoms with Crippen molar-refractivity contribution in [3.63, 3.8) is 0 Å². The van der Waals surface area contributed by atoms with Gasteiger partial charge >= 0.3 is 0 Å². The largest absolute Gasteiger partial charge is 0.438 e. The summed E-state index contributed by atoms with van der Waals surface area (Å²) in [5, 5.41) is 12.0. The first-order chi connectivity index (χ1) is 12.6. The van der Waals surface area contributed by atoms with Crippen LogP contribution in [0.5, 0.6) is 11.6 Å². The zero-order chi connectivity index (χ0) is 18.5. The second-order valence-corrected chi connectivity index (χ2v) is 5.69. The highest BCUT2D eigenvalue weighted by molar-refractivity contribution is 6.04. The first-order valence-electron chi connectivity index (χ1n) is 7.94. The summed E-state index contributed by atoms with van der Waals surface area (Å²) in [5.74, 6) is 0.551. The maximum absolute atomic E-state index is 12.3. The van der Waals surface area contributed by atoms with Crippen LogP contribution in [0.3, 0.4) is 0 Å². The van der Waals surface area contributed by atoms with Gasteiger partial charge in [-0.2, -0.15) is 5.26 Å². The van der Waals surface area contributed by atoms with Crippen LogP contribution in [0.1, 0.15) is 27.2 Å². The van der Waals surface area contributed by atoms with Gasteiger partial charge in [0, 0.05) is 23.8 Å². The Labute approximate surface area is 151 Å². The summed E-state index contributed by atoms with van der Waals surface area (Å²) in [6, 6.07) is 14.1. The zero-order valence-corrected chi connectivity index (χ0v) is 14.4. The number of hydrogen-bond acceptors (Lipinski definition) is 5. The van der Waals surface area contributed by atoms with Crippen LogP contribution >= 0.6 is 0 Å². The Morgan fingerprint density at radius 3 is 2.69 bits per heavy atom. The van der Waals surface area contributed by atoms with Gasteiger partial charge in [-0.3, -0.25) is 9.78 Å². The molecular formula is C20H16N4O2. The zero-order valence-electron chi connectivity index (χ0n) is 14.4. The highest BCUT2D eigenvalue weighted by Crippen LogP contribution is 2.27. The van der Waals surface area contributed by atoms with Crippen LogP contribution in [0, 0.1) is 25.2 Å². The van der Waals surface area contributed by atoms with Gasteiger partial charge in [-0.15, -0.1) is 0 Å². The molecule has 1 aromatic carbocycles. The molecule has 3 aromatic rings. The lowest BCUT2D eigenvalue weighted by atomic mass is 10.1. The topological polar surface area (TPSA) is 87.9 Å². The van der Waals surface area contributed by atoms with Crippen molar-refractivity contribution in [3.8, 4) is 17.7 Å². The standard InChI is InChI=1S/C20H16N4O2/c1-13-10-17(26-20-15(11-21)4-3-9-22-20)7-8-18(13)24-19(25)16-6-5-14(2)23-12-16/h3-10,12H,1-2H3,(H,24,25). The molecule has 0 aliphatic heterocycles. The molecule has 0 fully saturated rings. The van der Waals surface area contributed by atoms with Crippen molar-refractivity contribution >= 4 is 11.6 Å². The first-order valence-corrected chi connectivity index (χ1v) is 7.94. The van der Waals surface area contributed by atoms with E-state index in [1.807, 2.05) is 19.9 Å². The monoisotopic (exact) mass is 344 g/mol. The molecule has 128 valence electrons. The number of nitriles is 1. The number of carbonyl (C=O) groups excluding carboxylic acids is 1. The number of aryl methyl sites for hydroxylation is 2. The summed E-state index contributed by atoms with van der Waals surface area (Å²) in [6.45, 7) is 3.73. The van der Waals surface area contributed by atoms with Gasteiger partial charge in [0.25, 0.3) is 5.91 Å². The van der Waals surface area contributed by atoms with Crippen molar-refractivity contribution in [2.24, 2.45) is 0 Å². The van der Waals surface area contributed by atoms with Crippen LogP contribution in [0.2, 0.25) is 0 Å². The van der Waals surface area contributed by atoms with Gasteiger partial charge in [0.05, 0.1) is 5.56 Å². The highest BCUT2D eigenvalue weighted by atomic mass is 16.5. The molecular weight excluding hydrogens is 328 g/mol. The normalized spacial score (nSPS) is 10.0. The third kappa shape index (κ3) is 3.84. The van der Waals surface area contributed by atoms with E-state index >= 15 is 0 Å². The summed E-state index contributed by atoms with van der Waals surface area (Å²) < 4.78 is 5.68. The van der Waals surface area contributed by atoms with Crippen LogP contribution < -0.4 is 10.1 Å². The number of nitrogens with one attached hydrogen (secondary N) is 1. The second-order valence-electron chi connectivity index (χ2n) is 5.69. The van der Waals surface area contributed by atoms with Crippen molar-refractivity contribution in [2.45, 2.75) is 13.8 Å². The highest BCUT2D eigenvalue weighted by Gasteiger charge is 2.10. The predicted molar refractivity (Wildman–Crippen MR) is 97.1 cm³/mol. The lowest BCUT2D eigenvalue weighted by molar-refractivity contribution is 0.102. The number of anilines is 1. The van der Waals surface area contributed by atoms with Gasteiger partial charge in [-0.1, -0.05) is 0 Å². The Kier molecular flexibility index (Phi) is 4.90. The Hall–Kier alpha value is -3.72. The van der Waals surface area contributed by atoms with Crippen LogP contribution in [0.4, 0.5) is 5.69 Å². The van der Waals surface area contributed by atoms with E-state index in [-0.39, 0.29) is 11.8 Å². The van der Waals surface area contributed by atoms with Crippen LogP contribution in [0.25, 0.3) is 0 Å². The molecule has 6 heteroatoms. The summed E-state index contributed by atoms with van der Waals surface area (Å²) in [7, 11) is 0. The second kappa shape index (κ2) is 7.45. The molecule has 1 amide bonds. The smallest absolute Gasteiger partial charge is 0.257 e. The maximum atomic E-state index is 12.3. The molecule has 3 rings (SSSR count). The molecule has 0 bridgehead atoms. The lowest BCUT2D eigenvalue weighted by Crippen LogP contribution is -2.13. The van der Waals surface area contributed by atoms with Crippen molar-refractivity contribution in [3.05, 3.63) is 77.2 Å². The van der Waals surface area contributed by atoms with E-state index in [1.165, 1.54) is 0 Å². The molecule has 2 aromatic heterocycles. The van der Waals surface area contributed by atoms with E-state index in [0.717, 1.165) is 11.3 Å². The SMILES string of the molecule is Cc1ccc(C(=O)Nc2ccc(Oc3ncccc3C#N)cc2C)cn1. The number of amides is 1. The molecule has 0 atom stereocenters. The minimum Gasteiger partial charge on any atom is -0.438 e. The van der Waals surface area contributed by atoms with Gasteiger partial charge in [0.1, 0.15) is 17.4 Å². The molecule has 0 radical (unpaired) electrons. The molecule has 0 saturated carbocycles. The van der Waals surface area contributed by atoms with E-state index < -0.39 is 0 Å². The van der Waals surface area contributed by atoms with Gasteiger partial charge in [-0.25, -0.2) is 4.98 Å². The van der Waals surface area contributed by atoms with Gasteiger partial charge in [0.15, 0.2) is 0 Å². The molecule has 0 unspecified atom stereocenters. The van der Waals surface area contributed by atoms with E-state index in [0.29, 0.717) is 22.6 Å². The third-order valence-electron chi connectivity index (χ3n) is 3.73. The fraction of sp³-hybridized carbons (Fsp3) is 0.100. The number of pyridine rings is 2. The summed E-state index contributed by atoms with van der Waals surface area (Å²) in [6.07, 6.45) is 3.11. The van der Waals surface area contributed by atoms with E-state index in [1.54, 1.807) is 54.9 Å². The number of aromatic nitrogens is 2. The van der Waals surface area contributed by atoms with Gasteiger partial charge in [-0.05, 0) is 61.9 Å². The third-order valence-corrected chi connectivity index (χ3v) is 3.73. The summed E-state index contributed by atoms with van der Waals surface area (Å²) >= 11 is 0. The Morgan fingerprint density at radius 2 is 2.00 bits per heavy atom. The van der Waals surface area contributed by atoms with Crippen molar-refractivity contribution < 1.29 is 9.53 Å². The Balaban J connectivity index is 1.76. The van der Waals surface area contributed by atoms with Crippen LogP contribution in [0.15, 0.2) is 54.9 Å². The van der Waals surface area contributed by atoms with E-state index in [4.69, 9.17) is 10.00 Å². The van der Waals surface area contributed by atoms with Crippen LogP contribution in [-0.2, 0) is 0 Å². The number of ether oxygens (including phenoxy) is 1. The quantitative estimate of drug-likeness (QED) is 0.772. The molecule has 1 N–H and O–H groups in total. The minimum atomic E-state index is -0.231.